The topological polar surface area (TPSA) is 75.7 Å². The molecule has 1 atom stereocenters. The van der Waals surface area contributed by atoms with Crippen molar-refractivity contribution in [2.75, 3.05) is 22.5 Å². The Balaban J connectivity index is 2.25. The number of halogens is 2. The van der Waals surface area contributed by atoms with Gasteiger partial charge in [0.15, 0.2) is 11.6 Å². The summed E-state index contributed by atoms with van der Waals surface area (Å²) in [6.45, 7) is 3.70. The fraction of sp³-hybridized carbons (Fsp3) is 0.278. The fourth-order valence-corrected chi connectivity index (χ4v) is 3.65. The van der Waals surface area contributed by atoms with Gasteiger partial charge >= 0.3 is 0 Å². The quantitative estimate of drug-likeness (QED) is 0.777. The monoisotopic (exact) mass is 398 g/mol. The second kappa shape index (κ2) is 8.34. The molecule has 0 bridgehead atoms. The van der Waals surface area contributed by atoms with E-state index in [1.165, 1.54) is 6.92 Å². The summed E-state index contributed by atoms with van der Waals surface area (Å²) in [4.78, 5) is 12.5. The van der Waals surface area contributed by atoms with Gasteiger partial charge in [0, 0.05) is 11.8 Å². The van der Waals surface area contributed by atoms with Crippen LogP contribution < -0.4 is 14.4 Å². The van der Waals surface area contributed by atoms with Gasteiger partial charge in [-0.05, 0) is 50.2 Å². The summed E-state index contributed by atoms with van der Waals surface area (Å²) in [7, 11) is -3.93. The largest absolute Gasteiger partial charge is 0.494 e. The molecule has 0 spiro atoms. The van der Waals surface area contributed by atoms with Crippen molar-refractivity contribution >= 4 is 27.3 Å². The molecule has 27 heavy (non-hydrogen) atoms. The van der Waals surface area contributed by atoms with E-state index in [4.69, 9.17) is 4.74 Å². The summed E-state index contributed by atoms with van der Waals surface area (Å²) >= 11 is 0. The van der Waals surface area contributed by atoms with Crippen LogP contribution in [-0.2, 0) is 14.8 Å². The van der Waals surface area contributed by atoms with Crippen molar-refractivity contribution in [3.8, 4) is 5.75 Å². The van der Waals surface area contributed by atoms with Gasteiger partial charge in [-0.25, -0.2) is 17.2 Å². The smallest absolute Gasteiger partial charge is 0.247 e. The highest BCUT2D eigenvalue weighted by atomic mass is 32.2. The number of nitrogens with one attached hydrogen (secondary N) is 1. The minimum atomic E-state index is -3.93. The van der Waals surface area contributed by atoms with Gasteiger partial charge in [-0.1, -0.05) is 0 Å². The second-order valence-electron chi connectivity index (χ2n) is 5.78. The van der Waals surface area contributed by atoms with Crippen molar-refractivity contribution in [2.24, 2.45) is 0 Å². The molecular weight excluding hydrogens is 378 g/mol. The van der Waals surface area contributed by atoms with Crippen molar-refractivity contribution < 1.29 is 26.7 Å². The van der Waals surface area contributed by atoms with Crippen molar-refractivity contribution in [3.63, 3.8) is 0 Å². The number of sulfonamides is 1. The molecule has 0 fully saturated rings. The maximum atomic E-state index is 13.5. The lowest BCUT2D eigenvalue weighted by Gasteiger charge is -2.28. The van der Waals surface area contributed by atoms with Crippen LogP contribution in [0.4, 0.5) is 20.2 Å². The Morgan fingerprint density at radius 2 is 1.78 bits per heavy atom. The number of ether oxygens (including phenoxy) is 1. The Labute approximate surface area is 156 Å². The van der Waals surface area contributed by atoms with Crippen LogP contribution in [-0.4, -0.2) is 33.2 Å². The van der Waals surface area contributed by atoms with Gasteiger partial charge in [0.1, 0.15) is 11.8 Å². The Hall–Kier alpha value is -2.68. The van der Waals surface area contributed by atoms with Crippen molar-refractivity contribution in [2.45, 2.75) is 19.9 Å². The number of rotatable bonds is 7. The van der Waals surface area contributed by atoms with Crippen LogP contribution in [0.2, 0.25) is 0 Å². The number of benzene rings is 2. The van der Waals surface area contributed by atoms with Crippen molar-refractivity contribution in [3.05, 3.63) is 54.1 Å². The van der Waals surface area contributed by atoms with E-state index in [0.717, 1.165) is 28.8 Å². The van der Waals surface area contributed by atoms with E-state index < -0.39 is 33.6 Å². The van der Waals surface area contributed by atoms with Gasteiger partial charge in [-0.15, -0.1) is 0 Å². The Morgan fingerprint density at radius 3 is 2.30 bits per heavy atom. The van der Waals surface area contributed by atoms with Crippen LogP contribution >= 0.6 is 0 Å². The molecule has 146 valence electrons. The molecule has 0 aliphatic rings. The minimum absolute atomic E-state index is 0.147. The first-order valence-electron chi connectivity index (χ1n) is 8.11. The number of amides is 1. The molecule has 0 aromatic heterocycles. The second-order valence-corrected chi connectivity index (χ2v) is 7.64. The van der Waals surface area contributed by atoms with Gasteiger partial charge < -0.3 is 10.1 Å². The molecule has 0 heterocycles. The van der Waals surface area contributed by atoms with Crippen molar-refractivity contribution in [1.29, 1.82) is 0 Å². The number of carbonyl (C=O) groups is 1. The van der Waals surface area contributed by atoms with E-state index in [1.807, 2.05) is 6.92 Å². The normalized spacial score (nSPS) is 12.3. The number of anilines is 2. The number of nitrogens with zero attached hydrogens (tertiary/aromatic N) is 1. The van der Waals surface area contributed by atoms with E-state index in [9.17, 15) is 22.0 Å². The predicted octanol–water partition coefficient (Wildman–Crippen LogP) is 3.16. The van der Waals surface area contributed by atoms with Crippen molar-refractivity contribution in [1.82, 2.24) is 0 Å². The van der Waals surface area contributed by atoms with Crippen LogP contribution in [0.25, 0.3) is 0 Å². The summed E-state index contributed by atoms with van der Waals surface area (Å²) in [5.74, 6) is -2.32. The summed E-state index contributed by atoms with van der Waals surface area (Å²) in [6, 6.07) is 7.98. The van der Waals surface area contributed by atoms with E-state index in [1.54, 1.807) is 24.3 Å². The van der Waals surface area contributed by atoms with E-state index in [0.29, 0.717) is 18.0 Å². The van der Waals surface area contributed by atoms with E-state index >= 15 is 0 Å². The van der Waals surface area contributed by atoms with Crippen LogP contribution in [0.5, 0.6) is 5.75 Å². The maximum absolute atomic E-state index is 13.5. The highest BCUT2D eigenvalue weighted by Crippen LogP contribution is 2.24. The van der Waals surface area contributed by atoms with E-state index in [2.05, 4.69) is 5.32 Å². The third-order valence-corrected chi connectivity index (χ3v) is 4.92. The van der Waals surface area contributed by atoms with Gasteiger partial charge in [-0.2, -0.15) is 0 Å². The SMILES string of the molecule is CCOc1ccc(NC(=O)[C@H](C)N(c2ccc(F)c(F)c2)S(C)(=O)=O)cc1. The van der Waals surface area contributed by atoms with Gasteiger partial charge in [0.25, 0.3) is 0 Å². The first kappa shape index (κ1) is 20.6. The number of hydrogen-bond acceptors (Lipinski definition) is 4. The third-order valence-electron chi connectivity index (χ3n) is 3.68. The third kappa shape index (κ3) is 5.16. The molecule has 0 aliphatic carbocycles. The molecule has 0 unspecified atom stereocenters. The molecule has 2 aromatic rings. The summed E-state index contributed by atoms with van der Waals surface area (Å²) in [5.41, 5.74) is 0.291. The first-order chi connectivity index (χ1) is 12.6. The molecule has 9 heteroatoms. The molecular formula is C18H20F2N2O4S. The lowest BCUT2D eigenvalue weighted by molar-refractivity contribution is -0.116. The standard InChI is InChI=1S/C18H20F2N2O4S/c1-4-26-15-8-5-13(6-9-15)21-18(23)12(2)22(27(3,24)25)14-7-10-16(19)17(20)11-14/h5-12H,4H2,1-3H3,(H,21,23)/t12-/m0/s1. The lowest BCUT2D eigenvalue weighted by Crippen LogP contribution is -2.45. The summed E-state index contributed by atoms with van der Waals surface area (Å²) in [6.07, 6.45) is 0.884. The Bertz CT molecular complexity index is 917. The minimum Gasteiger partial charge on any atom is -0.494 e. The fourth-order valence-electron chi connectivity index (χ4n) is 2.48. The molecule has 0 aliphatic heterocycles. The van der Waals surface area contributed by atoms with Crippen LogP contribution in [0.15, 0.2) is 42.5 Å². The lowest BCUT2D eigenvalue weighted by atomic mass is 10.2. The number of carbonyl (C=O) groups excluding carboxylic acids is 1. The Kier molecular flexibility index (Phi) is 6.37. The molecule has 1 N–H and O–H groups in total. The average molecular weight is 398 g/mol. The van der Waals surface area contributed by atoms with Crippen LogP contribution in [0, 0.1) is 11.6 Å². The van der Waals surface area contributed by atoms with Crippen LogP contribution in [0.3, 0.4) is 0 Å². The number of hydrogen-bond donors (Lipinski definition) is 1. The maximum Gasteiger partial charge on any atom is 0.247 e. The highest BCUT2D eigenvalue weighted by molar-refractivity contribution is 7.92. The van der Waals surface area contributed by atoms with Gasteiger partial charge in [0.05, 0.1) is 18.6 Å². The molecule has 2 rings (SSSR count). The van der Waals surface area contributed by atoms with Gasteiger partial charge in [0.2, 0.25) is 15.9 Å². The molecule has 0 saturated carbocycles. The zero-order chi connectivity index (χ0) is 20.2. The highest BCUT2D eigenvalue weighted by Gasteiger charge is 2.29. The molecule has 6 nitrogen and oxygen atoms in total. The van der Waals surface area contributed by atoms with Crippen LogP contribution in [0.1, 0.15) is 13.8 Å². The molecule has 1 amide bonds. The molecule has 0 radical (unpaired) electrons. The average Bonchev–Trinajstić information content (AvgIpc) is 2.59. The van der Waals surface area contributed by atoms with E-state index in [-0.39, 0.29) is 5.69 Å². The zero-order valence-electron chi connectivity index (χ0n) is 15.1. The summed E-state index contributed by atoms with van der Waals surface area (Å²) < 4.78 is 57.0. The summed E-state index contributed by atoms with van der Waals surface area (Å²) in [5, 5.41) is 2.59. The first-order valence-corrected chi connectivity index (χ1v) is 9.96. The Morgan fingerprint density at radius 1 is 1.15 bits per heavy atom. The molecule has 0 saturated heterocycles. The predicted molar refractivity (Wildman–Crippen MR) is 99.4 cm³/mol. The zero-order valence-corrected chi connectivity index (χ0v) is 15.9. The molecule has 2 aromatic carbocycles. The van der Waals surface area contributed by atoms with Gasteiger partial charge in [-0.3, -0.25) is 9.10 Å².